The van der Waals surface area contributed by atoms with Crippen LogP contribution in [0.25, 0.3) is 0 Å². The molecule has 0 radical (unpaired) electrons. The van der Waals surface area contributed by atoms with Crippen molar-refractivity contribution in [2.24, 2.45) is 0 Å². The zero-order valence-electron chi connectivity index (χ0n) is 9.77. The number of hydrogen-bond acceptors (Lipinski definition) is 2. The number of aromatic nitrogens is 1. The molecule has 0 fully saturated rings. The van der Waals surface area contributed by atoms with E-state index in [1.54, 1.807) is 6.20 Å². The molecule has 0 aliphatic rings. The Hall–Kier alpha value is -1.43. The smallest absolute Gasteiger partial charge is 0.252 e. The number of carbonyl (C=O) groups excluding carboxylic acids is 1. The first-order valence-corrected chi connectivity index (χ1v) is 6.78. The average molecular weight is 352 g/mol. The van der Waals surface area contributed by atoms with Gasteiger partial charge in [0, 0.05) is 28.4 Å². The third-order valence-electron chi connectivity index (χ3n) is 2.51. The molecule has 0 aliphatic heterocycles. The Kier molecular flexibility index (Phi) is 4.69. The molecule has 1 aromatic heterocycles. The molecule has 0 saturated carbocycles. The summed E-state index contributed by atoms with van der Waals surface area (Å²) in [7, 11) is 0. The highest BCUT2D eigenvalue weighted by atomic mass is 127. The lowest BCUT2D eigenvalue weighted by atomic mass is 10.2. The first kappa shape index (κ1) is 13.0. The molecular weight excluding hydrogens is 339 g/mol. The number of hydrogen-bond donors (Lipinski definition) is 1. The van der Waals surface area contributed by atoms with Gasteiger partial charge in [0.2, 0.25) is 0 Å². The maximum atomic E-state index is 11.9. The summed E-state index contributed by atoms with van der Waals surface area (Å²) in [5, 5.41) is 2.90. The number of halogens is 1. The first-order chi connectivity index (χ1) is 8.77. The molecular formula is C14H13IN2O. The maximum absolute atomic E-state index is 11.9. The minimum absolute atomic E-state index is 0.0315. The Labute approximate surface area is 120 Å². The molecule has 2 aromatic rings. The van der Waals surface area contributed by atoms with E-state index in [1.165, 1.54) is 0 Å². The second-order valence-corrected chi connectivity index (χ2v) is 4.97. The Morgan fingerprint density at radius 1 is 1.17 bits per heavy atom. The third-order valence-corrected chi connectivity index (χ3v) is 3.45. The standard InChI is InChI=1S/C14H13IN2O/c15-13-7-2-1-6-12(13)14(18)17-10-8-11-5-3-4-9-16-11/h1-7,9H,8,10H2,(H,17,18). The van der Waals surface area contributed by atoms with E-state index in [9.17, 15) is 4.79 Å². The van der Waals surface area contributed by atoms with Crippen LogP contribution in [-0.2, 0) is 6.42 Å². The van der Waals surface area contributed by atoms with Crippen LogP contribution in [0.15, 0.2) is 48.7 Å². The Balaban J connectivity index is 1.88. The van der Waals surface area contributed by atoms with Gasteiger partial charge < -0.3 is 5.32 Å². The topological polar surface area (TPSA) is 42.0 Å². The van der Waals surface area contributed by atoms with Crippen molar-refractivity contribution in [3.05, 3.63) is 63.5 Å². The van der Waals surface area contributed by atoms with Gasteiger partial charge in [0.15, 0.2) is 0 Å². The molecule has 1 amide bonds. The van der Waals surface area contributed by atoms with Gasteiger partial charge in [-0.3, -0.25) is 9.78 Å². The van der Waals surface area contributed by atoms with Crippen molar-refractivity contribution in [1.29, 1.82) is 0 Å². The summed E-state index contributed by atoms with van der Waals surface area (Å²) < 4.78 is 0.963. The second-order valence-electron chi connectivity index (χ2n) is 3.81. The summed E-state index contributed by atoms with van der Waals surface area (Å²) in [5.74, 6) is -0.0315. The van der Waals surface area contributed by atoms with Crippen LogP contribution in [0.4, 0.5) is 0 Å². The quantitative estimate of drug-likeness (QED) is 0.860. The number of rotatable bonds is 4. The Morgan fingerprint density at radius 2 is 1.94 bits per heavy atom. The summed E-state index contributed by atoms with van der Waals surface area (Å²) in [6.45, 7) is 0.598. The molecule has 2 rings (SSSR count). The summed E-state index contributed by atoms with van der Waals surface area (Å²) in [5.41, 5.74) is 1.71. The van der Waals surface area contributed by atoms with Gasteiger partial charge in [-0.05, 0) is 46.9 Å². The molecule has 0 unspecified atom stereocenters. The van der Waals surface area contributed by atoms with Gasteiger partial charge in [-0.1, -0.05) is 18.2 Å². The summed E-state index contributed by atoms with van der Waals surface area (Å²) >= 11 is 2.17. The predicted octanol–water partition coefficient (Wildman–Crippen LogP) is 2.66. The maximum Gasteiger partial charge on any atom is 0.252 e. The molecule has 92 valence electrons. The molecule has 0 aliphatic carbocycles. The predicted molar refractivity (Wildman–Crippen MR) is 79.4 cm³/mol. The van der Waals surface area contributed by atoms with Gasteiger partial charge in [0.1, 0.15) is 0 Å². The lowest BCUT2D eigenvalue weighted by molar-refractivity contribution is 0.0953. The molecule has 0 atom stereocenters. The van der Waals surface area contributed by atoms with E-state index in [0.717, 1.165) is 21.2 Å². The van der Waals surface area contributed by atoms with Crippen LogP contribution in [0.2, 0.25) is 0 Å². The zero-order valence-corrected chi connectivity index (χ0v) is 11.9. The van der Waals surface area contributed by atoms with E-state index in [2.05, 4.69) is 32.9 Å². The second kappa shape index (κ2) is 6.49. The van der Waals surface area contributed by atoms with Crippen molar-refractivity contribution in [1.82, 2.24) is 10.3 Å². The first-order valence-electron chi connectivity index (χ1n) is 5.70. The van der Waals surface area contributed by atoms with Crippen molar-refractivity contribution >= 4 is 28.5 Å². The van der Waals surface area contributed by atoms with Gasteiger partial charge >= 0.3 is 0 Å². The monoisotopic (exact) mass is 352 g/mol. The Bertz CT molecular complexity index is 528. The lowest BCUT2D eigenvalue weighted by Crippen LogP contribution is -2.26. The van der Waals surface area contributed by atoms with Crippen molar-refractivity contribution < 1.29 is 4.79 Å². The third kappa shape index (κ3) is 3.53. The minimum atomic E-state index is -0.0315. The van der Waals surface area contributed by atoms with Gasteiger partial charge in [-0.15, -0.1) is 0 Å². The molecule has 1 aromatic carbocycles. The van der Waals surface area contributed by atoms with Crippen LogP contribution in [0.3, 0.4) is 0 Å². The zero-order chi connectivity index (χ0) is 12.8. The normalized spacial score (nSPS) is 10.1. The molecule has 0 bridgehead atoms. The van der Waals surface area contributed by atoms with Gasteiger partial charge in [-0.2, -0.15) is 0 Å². The van der Waals surface area contributed by atoms with E-state index in [4.69, 9.17) is 0 Å². The van der Waals surface area contributed by atoms with Gasteiger partial charge in [0.25, 0.3) is 5.91 Å². The highest BCUT2D eigenvalue weighted by molar-refractivity contribution is 14.1. The van der Waals surface area contributed by atoms with Crippen LogP contribution in [0.5, 0.6) is 0 Å². The van der Waals surface area contributed by atoms with Gasteiger partial charge in [-0.25, -0.2) is 0 Å². The molecule has 0 spiro atoms. The number of nitrogens with zero attached hydrogens (tertiary/aromatic N) is 1. The summed E-state index contributed by atoms with van der Waals surface area (Å²) in [4.78, 5) is 16.1. The SMILES string of the molecule is O=C(NCCc1ccccn1)c1ccccc1I. The van der Waals surface area contributed by atoms with Crippen LogP contribution >= 0.6 is 22.6 Å². The summed E-state index contributed by atoms with van der Waals surface area (Å²) in [6, 6.07) is 13.3. The van der Waals surface area contributed by atoms with Crippen molar-refractivity contribution in [2.75, 3.05) is 6.54 Å². The van der Waals surface area contributed by atoms with Crippen LogP contribution in [0.1, 0.15) is 16.1 Å². The van der Waals surface area contributed by atoms with Crippen LogP contribution < -0.4 is 5.32 Å². The molecule has 18 heavy (non-hydrogen) atoms. The number of benzene rings is 1. The number of carbonyl (C=O) groups is 1. The van der Waals surface area contributed by atoms with Crippen molar-refractivity contribution in [2.45, 2.75) is 6.42 Å². The largest absolute Gasteiger partial charge is 0.352 e. The molecule has 3 nitrogen and oxygen atoms in total. The van der Waals surface area contributed by atoms with E-state index in [0.29, 0.717) is 6.54 Å². The van der Waals surface area contributed by atoms with E-state index >= 15 is 0 Å². The number of amides is 1. The fourth-order valence-corrected chi connectivity index (χ4v) is 2.22. The van der Waals surface area contributed by atoms with E-state index in [-0.39, 0.29) is 5.91 Å². The fraction of sp³-hybridized carbons (Fsp3) is 0.143. The van der Waals surface area contributed by atoms with E-state index in [1.807, 2.05) is 42.5 Å². The molecule has 1 heterocycles. The highest BCUT2D eigenvalue weighted by Gasteiger charge is 2.07. The summed E-state index contributed by atoms with van der Waals surface area (Å²) in [6.07, 6.45) is 2.51. The van der Waals surface area contributed by atoms with Crippen LogP contribution in [0, 0.1) is 3.57 Å². The lowest BCUT2D eigenvalue weighted by Gasteiger charge is -2.06. The average Bonchev–Trinajstić information content (AvgIpc) is 2.40. The fourth-order valence-electron chi connectivity index (χ4n) is 1.59. The van der Waals surface area contributed by atoms with Gasteiger partial charge in [0.05, 0.1) is 5.56 Å². The molecule has 0 saturated heterocycles. The van der Waals surface area contributed by atoms with E-state index < -0.39 is 0 Å². The van der Waals surface area contributed by atoms with Crippen molar-refractivity contribution in [3.8, 4) is 0 Å². The highest BCUT2D eigenvalue weighted by Crippen LogP contribution is 2.10. The Morgan fingerprint density at radius 3 is 2.67 bits per heavy atom. The number of pyridine rings is 1. The molecule has 1 N–H and O–H groups in total. The minimum Gasteiger partial charge on any atom is -0.352 e. The molecule has 4 heteroatoms. The van der Waals surface area contributed by atoms with Crippen molar-refractivity contribution in [3.63, 3.8) is 0 Å². The number of nitrogens with one attached hydrogen (secondary N) is 1. The van der Waals surface area contributed by atoms with Crippen LogP contribution in [-0.4, -0.2) is 17.4 Å².